The standard InChI is InChI=1S/C14H19BF3N2O2.K/c1-11(15(16,17)18)9-20(13(21)22-14(2,3)4)10-12-6-5-7-19-8-12;/h5-8H,1,9-10H2,2-4H3;/q-1;+1. The number of nitrogens with zero attached hydrogens (tertiary/aromatic N) is 2. The number of amides is 1. The van der Waals surface area contributed by atoms with Crippen LogP contribution in [0.25, 0.3) is 0 Å². The zero-order valence-corrected chi connectivity index (χ0v) is 17.0. The van der Waals surface area contributed by atoms with Gasteiger partial charge in [-0.05, 0) is 32.4 Å². The molecule has 0 unspecified atom stereocenters. The fourth-order valence-corrected chi connectivity index (χ4v) is 1.57. The molecule has 1 aromatic heterocycles. The molecule has 0 aliphatic carbocycles. The molecule has 0 aliphatic rings. The summed E-state index contributed by atoms with van der Waals surface area (Å²) in [7, 11) is 0. The smallest absolute Gasteiger partial charge is 0.445 e. The molecule has 0 aliphatic heterocycles. The van der Waals surface area contributed by atoms with Crippen LogP contribution in [0.1, 0.15) is 26.3 Å². The molecule has 0 saturated carbocycles. The van der Waals surface area contributed by atoms with E-state index in [0.29, 0.717) is 5.56 Å². The molecule has 0 bridgehead atoms. The average Bonchev–Trinajstić information content (AvgIpc) is 2.36. The maximum Gasteiger partial charge on any atom is 1.00 e. The zero-order chi connectivity index (χ0) is 17.0. The van der Waals surface area contributed by atoms with Crippen molar-refractivity contribution in [2.45, 2.75) is 32.9 Å². The van der Waals surface area contributed by atoms with Crippen LogP contribution in [0.3, 0.4) is 0 Å². The molecule has 1 heterocycles. The van der Waals surface area contributed by atoms with Gasteiger partial charge in [-0.25, -0.2) is 4.79 Å². The minimum Gasteiger partial charge on any atom is -0.445 e. The van der Waals surface area contributed by atoms with E-state index in [4.69, 9.17) is 4.74 Å². The molecule has 0 N–H and O–H groups in total. The van der Waals surface area contributed by atoms with Gasteiger partial charge in [-0.2, -0.15) is 0 Å². The second kappa shape index (κ2) is 9.22. The molecule has 122 valence electrons. The monoisotopic (exact) mass is 354 g/mol. The van der Waals surface area contributed by atoms with Crippen LogP contribution >= 0.6 is 0 Å². The van der Waals surface area contributed by atoms with Crippen LogP contribution in [-0.2, 0) is 11.3 Å². The molecule has 0 aromatic carbocycles. The topological polar surface area (TPSA) is 42.4 Å². The van der Waals surface area contributed by atoms with E-state index < -0.39 is 30.7 Å². The fourth-order valence-electron chi connectivity index (χ4n) is 1.57. The summed E-state index contributed by atoms with van der Waals surface area (Å²) in [6, 6.07) is 3.32. The number of carbonyl (C=O) groups is 1. The number of hydrogen-bond donors (Lipinski definition) is 0. The Labute approximate surface area is 177 Å². The summed E-state index contributed by atoms with van der Waals surface area (Å²) in [4.78, 5) is 17.0. The number of rotatable bonds is 5. The summed E-state index contributed by atoms with van der Waals surface area (Å²) in [5.74, 6) is 0. The predicted octanol–water partition coefficient (Wildman–Crippen LogP) is 0.766. The number of carbonyl (C=O) groups excluding carboxylic acids is 1. The maximum absolute atomic E-state index is 12.7. The third kappa shape index (κ3) is 8.90. The molecule has 1 aromatic rings. The number of aromatic nitrogens is 1. The van der Waals surface area contributed by atoms with E-state index in [1.54, 1.807) is 39.1 Å². The van der Waals surface area contributed by atoms with Crippen LogP contribution in [0.5, 0.6) is 0 Å². The van der Waals surface area contributed by atoms with Crippen molar-refractivity contribution < 1.29 is 73.9 Å². The molecular weight excluding hydrogens is 335 g/mol. The van der Waals surface area contributed by atoms with E-state index in [2.05, 4.69) is 11.6 Å². The van der Waals surface area contributed by atoms with Crippen molar-refractivity contribution >= 4 is 13.1 Å². The molecule has 23 heavy (non-hydrogen) atoms. The molecule has 1 amide bonds. The first-order valence-electron chi connectivity index (χ1n) is 6.73. The first kappa shape index (κ1) is 22.7. The normalized spacial score (nSPS) is 11.4. The van der Waals surface area contributed by atoms with Crippen LogP contribution in [0.15, 0.2) is 36.6 Å². The number of halogens is 3. The van der Waals surface area contributed by atoms with Gasteiger partial charge in [0.05, 0.1) is 6.54 Å². The van der Waals surface area contributed by atoms with Crippen molar-refractivity contribution in [3.63, 3.8) is 0 Å². The van der Waals surface area contributed by atoms with Crippen LogP contribution < -0.4 is 51.4 Å². The Bertz CT molecular complexity index is 533. The van der Waals surface area contributed by atoms with Crippen molar-refractivity contribution in [2.75, 3.05) is 6.54 Å². The Balaban J connectivity index is 0.00000484. The molecule has 0 fully saturated rings. The van der Waals surface area contributed by atoms with E-state index >= 15 is 0 Å². The molecule has 0 saturated heterocycles. The molecule has 4 nitrogen and oxygen atoms in total. The Kier molecular flexibility index (Phi) is 9.08. The van der Waals surface area contributed by atoms with Gasteiger partial charge in [-0.15, -0.1) is 12.1 Å². The van der Waals surface area contributed by atoms with Crippen LogP contribution in [0.2, 0.25) is 0 Å². The first-order chi connectivity index (χ1) is 9.99. The van der Waals surface area contributed by atoms with Crippen molar-refractivity contribution in [3.05, 3.63) is 42.1 Å². The molecule has 0 atom stereocenters. The Morgan fingerprint density at radius 2 is 2.00 bits per heavy atom. The average molecular weight is 354 g/mol. The Morgan fingerprint density at radius 1 is 1.39 bits per heavy atom. The second-order valence-corrected chi connectivity index (χ2v) is 5.93. The van der Waals surface area contributed by atoms with Crippen LogP contribution in [-0.4, -0.2) is 35.1 Å². The van der Waals surface area contributed by atoms with Gasteiger partial charge in [0.2, 0.25) is 0 Å². The number of pyridine rings is 1. The van der Waals surface area contributed by atoms with Crippen LogP contribution in [0, 0.1) is 0 Å². The van der Waals surface area contributed by atoms with Crippen molar-refractivity contribution in [3.8, 4) is 0 Å². The first-order valence-corrected chi connectivity index (χ1v) is 6.73. The quantitative estimate of drug-likeness (QED) is 0.734. The van der Waals surface area contributed by atoms with Gasteiger partial charge in [0, 0.05) is 18.9 Å². The maximum atomic E-state index is 12.7. The molecule has 0 radical (unpaired) electrons. The van der Waals surface area contributed by atoms with E-state index in [1.807, 2.05) is 0 Å². The molecule has 0 spiro atoms. The van der Waals surface area contributed by atoms with E-state index in [9.17, 15) is 17.7 Å². The predicted molar refractivity (Wildman–Crippen MR) is 79.1 cm³/mol. The number of hydrogen-bond acceptors (Lipinski definition) is 3. The molecular formula is C14H19BF3KN2O2. The van der Waals surface area contributed by atoms with Crippen molar-refractivity contribution in [1.29, 1.82) is 0 Å². The summed E-state index contributed by atoms with van der Waals surface area (Å²) in [6.07, 6.45) is 2.20. The molecule has 9 heteroatoms. The third-order valence-electron chi connectivity index (χ3n) is 2.60. The summed E-state index contributed by atoms with van der Waals surface area (Å²) in [6.45, 7) is 2.09. The fraction of sp³-hybridized carbons (Fsp3) is 0.429. The van der Waals surface area contributed by atoms with Gasteiger partial charge >= 0.3 is 64.5 Å². The van der Waals surface area contributed by atoms with Crippen molar-refractivity contribution in [1.82, 2.24) is 9.88 Å². The molecule has 1 rings (SSSR count). The Morgan fingerprint density at radius 3 is 2.43 bits per heavy atom. The zero-order valence-electron chi connectivity index (χ0n) is 13.9. The largest absolute Gasteiger partial charge is 1.00 e. The minimum absolute atomic E-state index is 0. The van der Waals surface area contributed by atoms with E-state index in [1.165, 1.54) is 6.20 Å². The minimum atomic E-state index is -5.21. The van der Waals surface area contributed by atoms with E-state index in [0.717, 1.165) is 4.90 Å². The van der Waals surface area contributed by atoms with E-state index in [-0.39, 0.29) is 57.9 Å². The van der Waals surface area contributed by atoms with Gasteiger partial charge in [-0.1, -0.05) is 6.07 Å². The SMILES string of the molecule is C=C(CN(Cc1cccnc1)C(=O)OC(C)(C)C)[B-](F)(F)F.[K+]. The van der Waals surface area contributed by atoms with Gasteiger partial charge in [0.15, 0.2) is 0 Å². The summed E-state index contributed by atoms with van der Waals surface area (Å²) >= 11 is 0. The van der Waals surface area contributed by atoms with Gasteiger partial charge in [0.25, 0.3) is 0 Å². The second-order valence-electron chi connectivity index (χ2n) is 5.93. The van der Waals surface area contributed by atoms with Crippen molar-refractivity contribution in [2.24, 2.45) is 0 Å². The third-order valence-corrected chi connectivity index (χ3v) is 2.60. The summed E-state index contributed by atoms with van der Waals surface area (Å²) in [5.41, 5.74) is -1.14. The summed E-state index contributed by atoms with van der Waals surface area (Å²) in [5, 5.41) is 0. The van der Waals surface area contributed by atoms with Gasteiger partial charge in [0.1, 0.15) is 5.60 Å². The van der Waals surface area contributed by atoms with Gasteiger partial charge in [-0.3, -0.25) is 4.98 Å². The van der Waals surface area contributed by atoms with Crippen LogP contribution in [0.4, 0.5) is 17.7 Å². The van der Waals surface area contributed by atoms with Gasteiger partial charge < -0.3 is 22.6 Å². The Hall–Kier alpha value is -0.349. The summed E-state index contributed by atoms with van der Waals surface area (Å²) < 4.78 is 43.3. The number of ether oxygens (including phenoxy) is 1.